The van der Waals surface area contributed by atoms with Gasteiger partial charge in [-0.25, -0.2) is 4.79 Å². The molecular formula is C15H24N2O2. The molecule has 1 aromatic carbocycles. The number of hydrogen-bond acceptors (Lipinski definition) is 3. The summed E-state index contributed by atoms with van der Waals surface area (Å²) >= 11 is 0. The van der Waals surface area contributed by atoms with Crippen LogP contribution in [0.1, 0.15) is 36.2 Å². The third-order valence-corrected chi connectivity index (χ3v) is 3.14. The van der Waals surface area contributed by atoms with Crippen molar-refractivity contribution in [2.45, 2.75) is 27.2 Å². The van der Waals surface area contributed by atoms with E-state index in [1.165, 1.54) is 0 Å². The Hall–Kier alpha value is -1.55. The van der Waals surface area contributed by atoms with Gasteiger partial charge in [0.25, 0.3) is 0 Å². The molecule has 0 aliphatic heterocycles. The third-order valence-electron chi connectivity index (χ3n) is 3.14. The Kier molecular flexibility index (Phi) is 6.36. The molecule has 0 saturated carbocycles. The van der Waals surface area contributed by atoms with Crippen LogP contribution in [0.4, 0.5) is 5.69 Å². The summed E-state index contributed by atoms with van der Waals surface area (Å²) in [5, 5.41) is 12.4. The van der Waals surface area contributed by atoms with Crippen molar-refractivity contribution in [3.63, 3.8) is 0 Å². The topological polar surface area (TPSA) is 52.6 Å². The van der Waals surface area contributed by atoms with E-state index >= 15 is 0 Å². The Labute approximate surface area is 115 Å². The van der Waals surface area contributed by atoms with Gasteiger partial charge in [0.15, 0.2) is 0 Å². The number of carbonyl (C=O) groups is 1. The molecule has 4 nitrogen and oxygen atoms in total. The Bertz CT molecular complexity index is 419. The van der Waals surface area contributed by atoms with Crippen LogP contribution in [0.5, 0.6) is 0 Å². The summed E-state index contributed by atoms with van der Waals surface area (Å²) in [6.45, 7) is 10.0. The van der Waals surface area contributed by atoms with Crippen LogP contribution in [0.15, 0.2) is 18.2 Å². The molecule has 0 bridgehead atoms. The van der Waals surface area contributed by atoms with Gasteiger partial charge >= 0.3 is 5.97 Å². The van der Waals surface area contributed by atoms with Crippen LogP contribution in [-0.4, -0.2) is 42.2 Å². The molecule has 0 amide bonds. The zero-order chi connectivity index (χ0) is 14.3. The molecule has 106 valence electrons. The second kappa shape index (κ2) is 7.79. The van der Waals surface area contributed by atoms with E-state index < -0.39 is 5.97 Å². The lowest BCUT2D eigenvalue weighted by Gasteiger charge is -2.20. The first kappa shape index (κ1) is 15.5. The number of hydrogen-bond donors (Lipinski definition) is 2. The first-order valence-corrected chi connectivity index (χ1v) is 6.88. The standard InChI is InChI=1S/C15H24N2O2/c1-4-9-17(5-2)10-8-16-14-7-6-12(3)11-13(14)15(18)19/h6-7,11,16H,4-5,8-10H2,1-3H3,(H,18,19). The number of carboxylic acid groups (broad SMARTS) is 1. The minimum atomic E-state index is -0.882. The van der Waals surface area contributed by atoms with Crippen molar-refractivity contribution in [3.05, 3.63) is 29.3 Å². The fourth-order valence-electron chi connectivity index (χ4n) is 2.08. The fourth-order valence-corrected chi connectivity index (χ4v) is 2.08. The van der Waals surface area contributed by atoms with Gasteiger partial charge in [-0.05, 0) is 38.6 Å². The molecule has 0 saturated heterocycles. The van der Waals surface area contributed by atoms with Crippen molar-refractivity contribution in [1.29, 1.82) is 0 Å². The maximum absolute atomic E-state index is 11.2. The first-order chi connectivity index (χ1) is 9.08. The zero-order valence-corrected chi connectivity index (χ0v) is 12.1. The van der Waals surface area contributed by atoms with E-state index in [2.05, 4.69) is 24.1 Å². The summed E-state index contributed by atoms with van der Waals surface area (Å²) in [4.78, 5) is 13.5. The van der Waals surface area contributed by atoms with Crippen molar-refractivity contribution in [3.8, 4) is 0 Å². The van der Waals surface area contributed by atoms with Gasteiger partial charge in [0.05, 0.1) is 5.56 Å². The van der Waals surface area contributed by atoms with Crippen molar-refractivity contribution >= 4 is 11.7 Å². The zero-order valence-electron chi connectivity index (χ0n) is 12.1. The normalized spacial score (nSPS) is 10.7. The average Bonchev–Trinajstić information content (AvgIpc) is 2.39. The summed E-state index contributed by atoms with van der Waals surface area (Å²) in [6, 6.07) is 5.47. The van der Waals surface area contributed by atoms with Gasteiger partial charge in [-0.15, -0.1) is 0 Å². The molecule has 4 heteroatoms. The summed E-state index contributed by atoms with van der Waals surface area (Å²) < 4.78 is 0. The number of anilines is 1. The highest BCUT2D eigenvalue weighted by Gasteiger charge is 2.10. The van der Waals surface area contributed by atoms with Crippen LogP contribution < -0.4 is 5.32 Å². The van der Waals surface area contributed by atoms with Crippen LogP contribution >= 0.6 is 0 Å². The average molecular weight is 264 g/mol. The highest BCUT2D eigenvalue weighted by Crippen LogP contribution is 2.17. The molecule has 0 spiro atoms. The second-order valence-corrected chi connectivity index (χ2v) is 4.72. The summed E-state index contributed by atoms with van der Waals surface area (Å²) in [6.07, 6.45) is 1.14. The number of carboxylic acids is 1. The summed E-state index contributed by atoms with van der Waals surface area (Å²) in [7, 11) is 0. The number of likely N-dealkylation sites (N-methyl/N-ethyl adjacent to an activating group) is 1. The molecule has 0 fully saturated rings. The van der Waals surface area contributed by atoms with Gasteiger partial charge in [-0.2, -0.15) is 0 Å². The molecule has 19 heavy (non-hydrogen) atoms. The summed E-state index contributed by atoms with van der Waals surface area (Å²) in [5.41, 5.74) is 2.01. The number of nitrogens with one attached hydrogen (secondary N) is 1. The van der Waals surface area contributed by atoms with Crippen LogP contribution in [-0.2, 0) is 0 Å². The Morgan fingerprint density at radius 2 is 2.05 bits per heavy atom. The predicted molar refractivity (Wildman–Crippen MR) is 79.0 cm³/mol. The van der Waals surface area contributed by atoms with Crippen LogP contribution in [0.3, 0.4) is 0 Å². The Balaban J connectivity index is 2.60. The minimum absolute atomic E-state index is 0.346. The quantitative estimate of drug-likeness (QED) is 0.758. The van der Waals surface area contributed by atoms with Crippen LogP contribution in [0, 0.1) is 6.92 Å². The van der Waals surface area contributed by atoms with Crippen molar-refractivity contribution in [2.75, 3.05) is 31.5 Å². The van der Waals surface area contributed by atoms with E-state index in [1.54, 1.807) is 6.07 Å². The van der Waals surface area contributed by atoms with Gasteiger partial charge in [-0.1, -0.05) is 25.5 Å². The highest BCUT2D eigenvalue weighted by molar-refractivity contribution is 5.94. The van der Waals surface area contributed by atoms with Crippen molar-refractivity contribution in [2.24, 2.45) is 0 Å². The predicted octanol–water partition coefficient (Wildman–Crippen LogP) is 2.84. The largest absolute Gasteiger partial charge is 0.478 e. The fraction of sp³-hybridized carbons (Fsp3) is 0.533. The van der Waals surface area contributed by atoms with Crippen molar-refractivity contribution < 1.29 is 9.90 Å². The molecule has 0 radical (unpaired) electrons. The monoisotopic (exact) mass is 264 g/mol. The van der Waals surface area contributed by atoms with E-state index in [0.717, 1.165) is 38.2 Å². The van der Waals surface area contributed by atoms with Gasteiger partial charge in [-0.3, -0.25) is 0 Å². The minimum Gasteiger partial charge on any atom is -0.478 e. The Morgan fingerprint density at radius 1 is 1.32 bits per heavy atom. The van der Waals surface area contributed by atoms with Crippen LogP contribution in [0.2, 0.25) is 0 Å². The first-order valence-electron chi connectivity index (χ1n) is 6.88. The van der Waals surface area contributed by atoms with Gasteiger partial charge < -0.3 is 15.3 Å². The molecule has 0 aliphatic carbocycles. The molecular weight excluding hydrogens is 240 g/mol. The molecule has 1 rings (SSSR count). The molecule has 0 heterocycles. The lowest BCUT2D eigenvalue weighted by atomic mass is 10.1. The molecule has 2 N–H and O–H groups in total. The van der Waals surface area contributed by atoms with E-state index in [9.17, 15) is 9.90 Å². The smallest absolute Gasteiger partial charge is 0.337 e. The lowest BCUT2D eigenvalue weighted by molar-refractivity contribution is 0.0698. The van der Waals surface area contributed by atoms with E-state index in [1.807, 2.05) is 19.1 Å². The number of aromatic carboxylic acids is 1. The van der Waals surface area contributed by atoms with E-state index in [4.69, 9.17) is 0 Å². The Morgan fingerprint density at radius 3 is 2.63 bits per heavy atom. The lowest BCUT2D eigenvalue weighted by Crippen LogP contribution is -2.29. The SMILES string of the molecule is CCCN(CC)CCNc1ccc(C)cc1C(=O)O. The summed E-state index contributed by atoms with van der Waals surface area (Å²) in [5.74, 6) is -0.882. The molecule has 0 atom stereocenters. The molecule has 1 aromatic rings. The molecule has 0 aromatic heterocycles. The molecule has 0 aliphatic rings. The van der Waals surface area contributed by atoms with Gasteiger partial charge in [0.2, 0.25) is 0 Å². The third kappa shape index (κ3) is 4.91. The number of rotatable bonds is 8. The van der Waals surface area contributed by atoms with E-state index in [0.29, 0.717) is 11.3 Å². The maximum atomic E-state index is 11.2. The highest BCUT2D eigenvalue weighted by atomic mass is 16.4. The maximum Gasteiger partial charge on any atom is 0.337 e. The molecule has 0 unspecified atom stereocenters. The second-order valence-electron chi connectivity index (χ2n) is 4.72. The number of nitrogens with zero attached hydrogens (tertiary/aromatic N) is 1. The van der Waals surface area contributed by atoms with Crippen LogP contribution in [0.25, 0.3) is 0 Å². The number of benzene rings is 1. The van der Waals surface area contributed by atoms with E-state index in [-0.39, 0.29) is 0 Å². The van der Waals surface area contributed by atoms with Gasteiger partial charge in [0, 0.05) is 18.8 Å². The number of aryl methyl sites for hydroxylation is 1. The van der Waals surface area contributed by atoms with Crippen molar-refractivity contribution in [1.82, 2.24) is 4.90 Å². The van der Waals surface area contributed by atoms with Gasteiger partial charge in [0.1, 0.15) is 0 Å².